The molecule has 1 aliphatic rings. The van der Waals surface area contributed by atoms with Crippen molar-refractivity contribution >= 4 is 5.96 Å². The molecule has 0 spiro atoms. The molecule has 2 N–H and O–H groups in total. The summed E-state index contributed by atoms with van der Waals surface area (Å²) < 4.78 is 5.37. The standard InChI is InChI=1S/C18H32N4O/c1-4-19-17(20-12-9-16-8-7-13-23-16)21-14-18(15-22(2)3)10-5-6-11-18/h7-8,13H,4-6,9-12,14-15H2,1-3H3,(H2,19,20,21). The fourth-order valence-corrected chi connectivity index (χ4v) is 3.51. The monoisotopic (exact) mass is 320 g/mol. The summed E-state index contributed by atoms with van der Waals surface area (Å²) in [5, 5.41) is 6.77. The molecule has 0 bridgehead atoms. The van der Waals surface area contributed by atoms with Gasteiger partial charge in [0.25, 0.3) is 0 Å². The van der Waals surface area contributed by atoms with Crippen molar-refractivity contribution in [2.45, 2.75) is 39.0 Å². The quantitative estimate of drug-likeness (QED) is 0.571. The molecular formula is C18H32N4O. The number of rotatable bonds is 8. The van der Waals surface area contributed by atoms with Crippen LogP contribution in [0.25, 0.3) is 0 Å². The van der Waals surface area contributed by atoms with Crippen LogP contribution in [0.15, 0.2) is 27.8 Å². The third kappa shape index (κ3) is 5.90. The van der Waals surface area contributed by atoms with E-state index in [1.54, 1.807) is 6.26 Å². The highest BCUT2D eigenvalue weighted by Crippen LogP contribution is 2.38. The topological polar surface area (TPSA) is 52.8 Å². The lowest BCUT2D eigenvalue weighted by molar-refractivity contribution is 0.210. The third-order valence-corrected chi connectivity index (χ3v) is 4.48. The van der Waals surface area contributed by atoms with E-state index in [2.05, 4.69) is 36.6 Å². The van der Waals surface area contributed by atoms with Gasteiger partial charge in [-0.15, -0.1) is 0 Å². The number of hydrogen-bond donors (Lipinski definition) is 2. The Morgan fingerprint density at radius 3 is 2.70 bits per heavy atom. The van der Waals surface area contributed by atoms with Gasteiger partial charge in [0.15, 0.2) is 5.96 Å². The number of aliphatic imine (C=N–C) groups is 1. The molecule has 0 atom stereocenters. The summed E-state index contributed by atoms with van der Waals surface area (Å²) in [6, 6.07) is 3.94. The van der Waals surface area contributed by atoms with Crippen molar-refractivity contribution in [3.05, 3.63) is 24.2 Å². The first kappa shape index (κ1) is 17.9. The first-order valence-corrected chi connectivity index (χ1v) is 8.83. The largest absolute Gasteiger partial charge is 0.469 e. The molecule has 1 aliphatic carbocycles. The van der Waals surface area contributed by atoms with Gasteiger partial charge in [-0.1, -0.05) is 12.8 Å². The first-order valence-electron chi connectivity index (χ1n) is 8.83. The SMILES string of the molecule is CCNC(=NCC1(CN(C)C)CCCC1)NCCc1ccco1. The van der Waals surface area contributed by atoms with E-state index in [-0.39, 0.29) is 0 Å². The minimum atomic E-state index is 0.354. The number of guanidine groups is 1. The van der Waals surface area contributed by atoms with Gasteiger partial charge >= 0.3 is 0 Å². The van der Waals surface area contributed by atoms with Gasteiger partial charge in [-0.05, 0) is 46.0 Å². The highest BCUT2D eigenvalue weighted by Gasteiger charge is 2.34. The van der Waals surface area contributed by atoms with Crippen LogP contribution in [0.2, 0.25) is 0 Å². The molecule has 0 amide bonds. The molecule has 0 radical (unpaired) electrons. The van der Waals surface area contributed by atoms with Crippen LogP contribution in [0.5, 0.6) is 0 Å². The molecule has 1 aromatic rings. The van der Waals surface area contributed by atoms with Crippen molar-refractivity contribution in [1.29, 1.82) is 0 Å². The van der Waals surface area contributed by atoms with Crippen LogP contribution in [0, 0.1) is 5.41 Å². The maximum absolute atomic E-state index is 5.37. The predicted octanol–water partition coefficient (Wildman–Crippen LogP) is 2.50. The van der Waals surface area contributed by atoms with Gasteiger partial charge in [0.1, 0.15) is 5.76 Å². The van der Waals surface area contributed by atoms with Crippen LogP contribution in [-0.4, -0.2) is 51.1 Å². The first-order chi connectivity index (χ1) is 11.1. The molecule has 2 rings (SSSR count). The Morgan fingerprint density at radius 1 is 1.30 bits per heavy atom. The van der Waals surface area contributed by atoms with Gasteiger partial charge in [0.05, 0.1) is 6.26 Å². The van der Waals surface area contributed by atoms with E-state index in [1.807, 2.05) is 12.1 Å². The second-order valence-corrected chi connectivity index (χ2v) is 6.90. The van der Waals surface area contributed by atoms with E-state index in [1.165, 1.54) is 25.7 Å². The number of furan rings is 1. The molecule has 1 fully saturated rings. The Bertz CT molecular complexity index is 461. The summed E-state index contributed by atoms with van der Waals surface area (Å²) in [6.07, 6.45) is 7.86. The van der Waals surface area contributed by atoms with Crippen LogP contribution in [-0.2, 0) is 6.42 Å². The summed E-state index contributed by atoms with van der Waals surface area (Å²) in [5.41, 5.74) is 0.354. The smallest absolute Gasteiger partial charge is 0.191 e. The Kier molecular flexibility index (Phi) is 6.96. The molecule has 23 heavy (non-hydrogen) atoms. The van der Waals surface area contributed by atoms with Crippen LogP contribution in [0.4, 0.5) is 0 Å². The Balaban J connectivity index is 1.88. The van der Waals surface area contributed by atoms with E-state index in [4.69, 9.17) is 9.41 Å². The lowest BCUT2D eigenvalue weighted by Crippen LogP contribution is -2.40. The third-order valence-electron chi connectivity index (χ3n) is 4.48. The molecular weight excluding hydrogens is 288 g/mol. The van der Waals surface area contributed by atoms with Crippen molar-refractivity contribution in [2.75, 3.05) is 40.3 Å². The van der Waals surface area contributed by atoms with Crippen molar-refractivity contribution in [3.8, 4) is 0 Å². The van der Waals surface area contributed by atoms with Crippen molar-refractivity contribution in [2.24, 2.45) is 10.4 Å². The van der Waals surface area contributed by atoms with E-state index in [0.29, 0.717) is 5.41 Å². The van der Waals surface area contributed by atoms with E-state index in [9.17, 15) is 0 Å². The summed E-state index contributed by atoms with van der Waals surface area (Å²) in [6.45, 7) is 5.85. The van der Waals surface area contributed by atoms with Gasteiger partial charge in [0, 0.05) is 38.0 Å². The average Bonchev–Trinajstić information content (AvgIpc) is 3.16. The molecule has 5 nitrogen and oxygen atoms in total. The fourth-order valence-electron chi connectivity index (χ4n) is 3.51. The van der Waals surface area contributed by atoms with Crippen LogP contribution >= 0.6 is 0 Å². The summed E-state index contributed by atoms with van der Waals surface area (Å²) in [7, 11) is 4.33. The average molecular weight is 320 g/mol. The highest BCUT2D eigenvalue weighted by molar-refractivity contribution is 5.79. The molecule has 5 heteroatoms. The van der Waals surface area contributed by atoms with Crippen molar-refractivity contribution < 1.29 is 4.42 Å². The molecule has 0 aromatic carbocycles. The van der Waals surface area contributed by atoms with Crippen molar-refractivity contribution in [1.82, 2.24) is 15.5 Å². The zero-order valence-electron chi connectivity index (χ0n) is 14.9. The van der Waals surface area contributed by atoms with Crippen molar-refractivity contribution in [3.63, 3.8) is 0 Å². The minimum absolute atomic E-state index is 0.354. The maximum atomic E-state index is 5.37. The van der Waals surface area contributed by atoms with E-state index < -0.39 is 0 Å². The molecule has 1 saturated carbocycles. The molecule has 0 aliphatic heterocycles. The van der Waals surface area contributed by atoms with Gasteiger partial charge in [-0.25, -0.2) is 0 Å². The number of hydrogen-bond acceptors (Lipinski definition) is 3. The van der Waals surface area contributed by atoms with Crippen LogP contribution in [0.3, 0.4) is 0 Å². The van der Waals surface area contributed by atoms with Gasteiger partial charge in [-0.2, -0.15) is 0 Å². The van der Waals surface area contributed by atoms with Crippen LogP contribution in [0.1, 0.15) is 38.4 Å². The van der Waals surface area contributed by atoms with E-state index in [0.717, 1.165) is 44.3 Å². The van der Waals surface area contributed by atoms with Gasteiger partial charge in [0.2, 0.25) is 0 Å². The van der Waals surface area contributed by atoms with Gasteiger partial charge < -0.3 is 20.0 Å². The molecule has 1 heterocycles. The fraction of sp³-hybridized carbons (Fsp3) is 0.722. The summed E-state index contributed by atoms with van der Waals surface area (Å²) in [5.74, 6) is 1.93. The molecule has 0 saturated heterocycles. The Labute approximate surface area is 140 Å². The Hall–Kier alpha value is -1.49. The molecule has 1 aromatic heterocycles. The summed E-state index contributed by atoms with van der Waals surface area (Å²) >= 11 is 0. The Morgan fingerprint density at radius 2 is 2.09 bits per heavy atom. The molecule has 0 unspecified atom stereocenters. The maximum Gasteiger partial charge on any atom is 0.191 e. The number of nitrogens with zero attached hydrogens (tertiary/aromatic N) is 2. The predicted molar refractivity (Wildman–Crippen MR) is 95.8 cm³/mol. The normalized spacial score (nSPS) is 17.7. The lowest BCUT2D eigenvalue weighted by atomic mass is 9.86. The summed E-state index contributed by atoms with van der Waals surface area (Å²) in [4.78, 5) is 7.18. The van der Waals surface area contributed by atoms with Crippen LogP contribution < -0.4 is 10.6 Å². The van der Waals surface area contributed by atoms with Gasteiger partial charge in [-0.3, -0.25) is 4.99 Å². The minimum Gasteiger partial charge on any atom is -0.469 e. The molecule has 130 valence electrons. The van der Waals surface area contributed by atoms with E-state index >= 15 is 0 Å². The second-order valence-electron chi connectivity index (χ2n) is 6.90. The lowest BCUT2D eigenvalue weighted by Gasteiger charge is -2.30. The zero-order valence-corrected chi connectivity index (χ0v) is 14.9. The highest BCUT2D eigenvalue weighted by atomic mass is 16.3. The zero-order chi connectivity index (χ0) is 16.5. The second kappa shape index (κ2) is 8.96. The number of nitrogens with one attached hydrogen (secondary N) is 2.